The number of esters is 1. The third-order valence-electron chi connectivity index (χ3n) is 2.83. The first-order valence-electron chi connectivity index (χ1n) is 5.80. The van der Waals surface area contributed by atoms with E-state index in [0.29, 0.717) is 0 Å². The number of hydrogen-bond donors (Lipinski definition) is 5. The molecule has 19 heavy (non-hydrogen) atoms. The highest BCUT2D eigenvalue weighted by atomic mass is 16.6. The van der Waals surface area contributed by atoms with Gasteiger partial charge in [-0.05, 0) is 6.92 Å². The van der Waals surface area contributed by atoms with Crippen LogP contribution in [0.2, 0.25) is 0 Å². The van der Waals surface area contributed by atoms with Gasteiger partial charge in [-0.2, -0.15) is 0 Å². The maximum atomic E-state index is 11.6. The van der Waals surface area contributed by atoms with Crippen LogP contribution in [0.25, 0.3) is 0 Å². The second kappa shape index (κ2) is 6.20. The first-order chi connectivity index (χ1) is 8.92. The summed E-state index contributed by atoms with van der Waals surface area (Å²) in [6.45, 7) is 0.199. The lowest BCUT2D eigenvalue weighted by atomic mass is 9.88. The van der Waals surface area contributed by atoms with Gasteiger partial charge in [0.2, 0.25) is 11.4 Å². The van der Waals surface area contributed by atoms with Crippen molar-refractivity contribution in [2.75, 3.05) is 19.8 Å². The molecule has 1 aliphatic heterocycles. The Kier molecular flexibility index (Phi) is 5.12. The van der Waals surface area contributed by atoms with Crippen LogP contribution in [-0.2, 0) is 14.3 Å². The Morgan fingerprint density at radius 3 is 2.42 bits per heavy atom. The number of cyclic esters (lactones) is 1. The Morgan fingerprint density at radius 2 is 1.95 bits per heavy atom. The van der Waals surface area contributed by atoms with Gasteiger partial charge >= 0.3 is 5.97 Å². The van der Waals surface area contributed by atoms with Crippen molar-refractivity contribution in [2.45, 2.75) is 31.2 Å². The van der Waals surface area contributed by atoms with Crippen LogP contribution in [0.5, 0.6) is 0 Å². The van der Waals surface area contributed by atoms with Crippen molar-refractivity contribution < 1.29 is 39.8 Å². The molecule has 1 unspecified atom stereocenters. The Balaban J connectivity index is 3.15. The van der Waals surface area contributed by atoms with Crippen LogP contribution in [0.1, 0.15) is 13.3 Å². The minimum Gasteiger partial charge on any atom is -0.505 e. The van der Waals surface area contributed by atoms with E-state index in [4.69, 9.17) is 19.7 Å². The summed E-state index contributed by atoms with van der Waals surface area (Å²) in [4.78, 5) is 11.6. The molecule has 1 aliphatic rings. The van der Waals surface area contributed by atoms with Crippen molar-refractivity contribution in [3.63, 3.8) is 0 Å². The van der Waals surface area contributed by atoms with Crippen LogP contribution in [0.15, 0.2) is 11.5 Å². The number of hydrogen-bond acceptors (Lipinski definition) is 8. The Morgan fingerprint density at radius 1 is 1.32 bits per heavy atom. The van der Waals surface area contributed by atoms with E-state index in [0.717, 1.165) is 0 Å². The van der Waals surface area contributed by atoms with E-state index in [2.05, 4.69) is 0 Å². The minimum absolute atomic E-state index is 0.0857. The highest BCUT2D eigenvalue weighted by Crippen LogP contribution is 2.38. The van der Waals surface area contributed by atoms with E-state index >= 15 is 0 Å². The molecule has 0 saturated heterocycles. The molecule has 0 fully saturated rings. The van der Waals surface area contributed by atoms with Gasteiger partial charge in [0.1, 0.15) is 6.10 Å². The normalized spacial score (nSPS) is 26.3. The maximum Gasteiger partial charge on any atom is 0.378 e. The third kappa shape index (κ3) is 2.81. The molecule has 0 aliphatic carbocycles. The Hall–Kier alpha value is -1.35. The second-order valence-corrected chi connectivity index (χ2v) is 4.13. The lowest BCUT2D eigenvalue weighted by Crippen LogP contribution is -2.49. The molecule has 0 saturated carbocycles. The summed E-state index contributed by atoms with van der Waals surface area (Å²) in [6.07, 6.45) is -3.48. The molecule has 0 amide bonds. The highest BCUT2D eigenvalue weighted by Gasteiger charge is 2.55. The second-order valence-electron chi connectivity index (χ2n) is 4.13. The van der Waals surface area contributed by atoms with E-state index in [1.165, 1.54) is 0 Å². The number of ether oxygens (including phenoxy) is 2. The van der Waals surface area contributed by atoms with E-state index in [1.54, 1.807) is 6.92 Å². The fraction of sp³-hybridized carbons (Fsp3) is 0.727. The van der Waals surface area contributed by atoms with Gasteiger partial charge < -0.3 is 35.0 Å². The monoisotopic (exact) mass is 278 g/mol. The summed E-state index contributed by atoms with van der Waals surface area (Å²) in [7, 11) is 0. The van der Waals surface area contributed by atoms with Crippen molar-refractivity contribution in [1.29, 1.82) is 0 Å². The fourth-order valence-electron chi connectivity index (χ4n) is 1.88. The zero-order chi connectivity index (χ0) is 14.6. The number of rotatable bonds is 7. The average molecular weight is 278 g/mol. The summed E-state index contributed by atoms with van der Waals surface area (Å²) in [5.74, 6) is -2.18. The van der Waals surface area contributed by atoms with Gasteiger partial charge in [-0.1, -0.05) is 0 Å². The van der Waals surface area contributed by atoms with Crippen molar-refractivity contribution in [1.82, 2.24) is 0 Å². The summed E-state index contributed by atoms with van der Waals surface area (Å²) < 4.78 is 9.79. The molecule has 0 aromatic heterocycles. The third-order valence-corrected chi connectivity index (χ3v) is 2.83. The van der Waals surface area contributed by atoms with E-state index in [9.17, 15) is 20.1 Å². The average Bonchev–Trinajstić information content (AvgIpc) is 2.63. The molecule has 1 rings (SSSR count). The topological polar surface area (TPSA) is 137 Å². The molecule has 8 nitrogen and oxygen atoms in total. The SMILES string of the molecule is CCOC1=C(O)[C@@](CC(O)CO)([C@@H](O)CO)OC1=O. The van der Waals surface area contributed by atoms with Crippen LogP contribution in [0, 0.1) is 0 Å². The molecule has 0 radical (unpaired) electrons. The lowest BCUT2D eigenvalue weighted by molar-refractivity contribution is -0.170. The molecule has 110 valence electrons. The van der Waals surface area contributed by atoms with E-state index in [1.807, 2.05) is 0 Å². The van der Waals surface area contributed by atoms with Gasteiger partial charge in [0.15, 0.2) is 5.76 Å². The van der Waals surface area contributed by atoms with Crippen molar-refractivity contribution in [2.24, 2.45) is 0 Å². The van der Waals surface area contributed by atoms with Crippen molar-refractivity contribution in [3.8, 4) is 0 Å². The molecule has 0 aromatic rings. The number of carbonyl (C=O) groups excluding carboxylic acids is 1. The molecule has 8 heteroatoms. The van der Waals surface area contributed by atoms with Gasteiger partial charge in [-0.3, -0.25) is 0 Å². The predicted molar refractivity (Wildman–Crippen MR) is 60.9 cm³/mol. The number of carbonyl (C=O) groups is 1. The molecule has 1 heterocycles. The maximum absolute atomic E-state index is 11.6. The molecular formula is C11H18O8. The number of aliphatic hydroxyl groups is 5. The zero-order valence-electron chi connectivity index (χ0n) is 10.4. The Bertz CT molecular complexity index is 366. The van der Waals surface area contributed by atoms with Crippen LogP contribution >= 0.6 is 0 Å². The summed E-state index contributed by atoms with van der Waals surface area (Å²) >= 11 is 0. The van der Waals surface area contributed by atoms with Crippen LogP contribution in [0.4, 0.5) is 0 Å². The predicted octanol–water partition coefficient (Wildman–Crippen LogP) is -1.82. The van der Waals surface area contributed by atoms with Crippen molar-refractivity contribution in [3.05, 3.63) is 11.5 Å². The van der Waals surface area contributed by atoms with Gasteiger partial charge in [0.05, 0.1) is 25.9 Å². The minimum atomic E-state index is -2.02. The van der Waals surface area contributed by atoms with Crippen LogP contribution in [-0.4, -0.2) is 69.1 Å². The molecule has 0 bridgehead atoms. The quantitative estimate of drug-likeness (QED) is 0.343. The zero-order valence-corrected chi connectivity index (χ0v) is 10.4. The standard InChI is InChI=1S/C11H18O8/c1-2-18-8-9(16)11(7(15)5-13,19-10(8)17)3-6(14)4-12/h6-7,12-16H,2-5H2,1H3/t6?,7-,11+/m0/s1. The first-order valence-corrected chi connectivity index (χ1v) is 5.80. The largest absolute Gasteiger partial charge is 0.505 e. The first kappa shape index (κ1) is 15.7. The molecule has 0 aromatic carbocycles. The van der Waals surface area contributed by atoms with E-state index < -0.39 is 54.9 Å². The van der Waals surface area contributed by atoms with Gasteiger partial charge in [0, 0.05) is 6.42 Å². The summed E-state index contributed by atoms with van der Waals surface area (Å²) in [5, 5.41) is 47.0. The Labute approximate surface area is 109 Å². The van der Waals surface area contributed by atoms with Gasteiger partial charge in [-0.25, -0.2) is 4.79 Å². The van der Waals surface area contributed by atoms with Gasteiger partial charge in [-0.15, -0.1) is 0 Å². The smallest absolute Gasteiger partial charge is 0.378 e. The highest BCUT2D eigenvalue weighted by molar-refractivity contribution is 5.90. The molecule has 5 N–H and O–H groups in total. The van der Waals surface area contributed by atoms with Crippen molar-refractivity contribution >= 4 is 5.97 Å². The number of aliphatic hydroxyl groups excluding tert-OH is 5. The summed E-state index contributed by atoms with van der Waals surface area (Å²) in [6, 6.07) is 0. The molecular weight excluding hydrogens is 260 g/mol. The lowest BCUT2D eigenvalue weighted by Gasteiger charge is -2.32. The molecule has 3 atom stereocenters. The fourth-order valence-corrected chi connectivity index (χ4v) is 1.88. The van der Waals surface area contributed by atoms with Crippen LogP contribution in [0.3, 0.4) is 0 Å². The van der Waals surface area contributed by atoms with E-state index in [-0.39, 0.29) is 6.61 Å². The van der Waals surface area contributed by atoms with Gasteiger partial charge in [0.25, 0.3) is 0 Å². The summed E-state index contributed by atoms with van der Waals surface area (Å²) in [5.41, 5.74) is -2.02. The molecule has 0 spiro atoms. The van der Waals surface area contributed by atoms with Crippen LogP contribution < -0.4 is 0 Å².